The van der Waals surface area contributed by atoms with Crippen molar-refractivity contribution in [3.8, 4) is 11.8 Å². The average Bonchev–Trinajstić information content (AvgIpc) is 1.89. The summed E-state index contributed by atoms with van der Waals surface area (Å²) in [5.74, 6) is 5.78. The van der Waals surface area contributed by atoms with Gasteiger partial charge in [0.05, 0.1) is 0 Å². The molecule has 0 aromatic carbocycles. The van der Waals surface area contributed by atoms with Crippen molar-refractivity contribution < 1.29 is 0 Å². The molecule has 52 valence electrons. The van der Waals surface area contributed by atoms with Gasteiger partial charge in [0.15, 0.2) is 0 Å². The normalized spacial score (nSPS) is 8.22. The van der Waals surface area contributed by atoms with Gasteiger partial charge in [-0.1, -0.05) is 0 Å². The van der Waals surface area contributed by atoms with E-state index in [-0.39, 0.29) is 0 Å². The van der Waals surface area contributed by atoms with E-state index in [0.717, 1.165) is 19.5 Å². The predicted molar refractivity (Wildman–Crippen MR) is 40.0 cm³/mol. The number of hydrogen-bond donors (Lipinski definition) is 2. The highest BCUT2D eigenvalue weighted by Crippen LogP contribution is 1.69. The highest BCUT2D eigenvalue weighted by Gasteiger charge is 1.79. The van der Waals surface area contributed by atoms with E-state index in [1.807, 2.05) is 6.92 Å². The van der Waals surface area contributed by atoms with Crippen LogP contribution in [-0.4, -0.2) is 19.6 Å². The molecule has 0 unspecified atom stereocenters. The fourth-order valence-electron chi connectivity index (χ4n) is 0.503. The van der Waals surface area contributed by atoms with Crippen LogP contribution in [-0.2, 0) is 0 Å². The smallest absolute Gasteiger partial charge is 0.0214 e. The summed E-state index contributed by atoms with van der Waals surface area (Å²) in [5, 5.41) is 3.14. The Bertz CT molecular complexity index is 99.2. The minimum atomic E-state index is 0.708. The first kappa shape index (κ1) is 8.48. The van der Waals surface area contributed by atoms with Gasteiger partial charge in [0.2, 0.25) is 0 Å². The summed E-state index contributed by atoms with van der Waals surface area (Å²) in [6, 6.07) is 0. The van der Waals surface area contributed by atoms with E-state index >= 15 is 0 Å². The Labute approximate surface area is 56.8 Å². The molecule has 0 aliphatic rings. The maximum Gasteiger partial charge on any atom is 0.0214 e. The van der Waals surface area contributed by atoms with Gasteiger partial charge in [0.25, 0.3) is 0 Å². The van der Waals surface area contributed by atoms with Gasteiger partial charge in [-0.15, -0.1) is 11.8 Å². The third-order valence-electron chi connectivity index (χ3n) is 0.925. The second-order valence-electron chi connectivity index (χ2n) is 1.72. The van der Waals surface area contributed by atoms with Gasteiger partial charge in [-0.05, 0) is 6.92 Å². The quantitative estimate of drug-likeness (QED) is 0.409. The largest absolute Gasteiger partial charge is 0.329 e. The van der Waals surface area contributed by atoms with E-state index in [1.165, 1.54) is 0 Å². The van der Waals surface area contributed by atoms with E-state index in [1.54, 1.807) is 0 Å². The van der Waals surface area contributed by atoms with Crippen molar-refractivity contribution in [3.05, 3.63) is 0 Å². The first-order chi connectivity index (χ1) is 4.41. The van der Waals surface area contributed by atoms with Gasteiger partial charge < -0.3 is 11.1 Å². The Balaban J connectivity index is 2.80. The van der Waals surface area contributed by atoms with Crippen molar-refractivity contribution >= 4 is 0 Å². The third-order valence-corrected chi connectivity index (χ3v) is 0.925. The van der Waals surface area contributed by atoms with Crippen molar-refractivity contribution in [1.29, 1.82) is 0 Å². The maximum atomic E-state index is 5.24. The van der Waals surface area contributed by atoms with E-state index in [0.29, 0.717) is 6.54 Å². The minimum Gasteiger partial charge on any atom is -0.329 e. The van der Waals surface area contributed by atoms with Gasteiger partial charge in [-0.2, -0.15) is 0 Å². The van der Waals surface area contributed by atoms with E-state index in [9.17, 15) is 0 Å². The second kappa shape index (κ2) is 7.48. The summed E-state index contributed by atoms with van der Waals surface area (Å²) < 4.78 is 0. The van der Waals surface area contributed by atoms with Gasteiger partial charge in [0, 0.05) is 26.1 Å². The molecule has 0 saturated heterocycles. The molecule has 0 rings (SSSR count). The van der Waals surface area contributed by atoms with Crippen molar-refractivity contribution in [2.45, 2.75) is 13.3 Å². The molecular weight excluding hydrogens is 112 g/mol. The Hall–Kier alpha value is -0.520. The van der Waals surface area contributed by atoms with E-state index in [4.69, 9.17) is 5.73 Å². The van der Waals surface area contributed by atoms with Crippen LogP contribution < -0.4 is 11.1 Å². The van der Waals surface area contributed by atoms with Crippen molar-refractivity contribution in [1.82, 2.24) is 5.32 Å². The number of rotatable bonds is 4. The van der Waals surface area contributed by atoms with Crippen LogP contribution in [0.1, 0.15) is 13.3 Å². The van der Waals surface area contributed by atoms with Gasteiger partial charge >= 0.3 is 0 Å². The molecule has 9 heavy (non-hydrogen) atoms. The van der Waals surface area contributed by atoms with Crippen LogP contribution in [0.4, 0.5) is 0 Å². The zero-order chi connectivity index (χ0) is 6.95. The van der Waals surface area contributed by atoms with Crippen LogP contribution in [0, 0.1) is 11.8 Å². The van der Waals surface area contributed by atoms with Crippen LogP contribution in [0.5, 0.6) is 0 Å². The van der Waals surface area contributed by atoms with Crippen LogP contribution in [0.3, 0.4) is 0 Å². The SMILES string of the molecule is CC#CCCNCCN. The molecule has 0 aliphatic carbocycles. The number of nitrogens with one attached hydrogen (secondary N) is 1. The zero-order valence-corrected chi connectivity index (χ0v) is 5.91. The highest BCUT2D eigenvalue weighted by atomic mass is 14.9. The monoisotopic (exact) mass is 126 g/mol. The summed E-state index contributed by atoms with van der Waals surface area (Å²) in [6.07, 6.45) is 0.927. The Kier molecular flexibility index (Phi) is 7.05. The van der Waals surface area contributed by atoms with E-state index in [2.05, 4.69) is 17.2 Å². The molecule has 0 aliphatic heterocycles. The van der Waals surface area contributed by atoms with Crippen LogP contribution in [0.15, 0.2) is 0 Å². The van der Waals surface area contributed by atoms with Crippen LogP contribution >= 0.6 is 0 Å². The minimum absolute atomic E-state index is 0.708. The molecule has 0 amide bonds. The molecule has 2 heteroatoms. The maximum absolute atomic E-state index is 5.24. The lowest BCUT2D eigenvalue weighted by Crippen LogP contribution is -2.22. The van der Waals surface area contributed by atoms with Gasteiger partial charge in [0.1, 0.15) is 0 Å². The average molecular weight is 126 g/mol. The lowest BCUT2D eigenvalue weighted by molar-refractivity contribution is 0.702. The Morgan fingerprint density at radius 3 is 2.78 bits per heavy atom. The summed E-state index contributed by atoms with van der Waals surface area (Å²) in [6.45, 7) is 4.41. The standard InChI is InChI=1S/C7H14N2/c1-2-3-4-6-9-7-5-8/h9H,4-8H2,1H3. The van der Waals surface area contributed by atoms with Crippen LogP contribution in [0.25, 0.3) is 0 Å². The van der Waals surface area contributed by atoms with Gasteiger partial charge in [-0.25, -0.2) is 0 Å². The molecule has 0 spiro atoms. The lowest BCUT2D eigenvalue weighted by Gasteiger charge is -1.95. The molecule has 0 aromatic rings. The molecule has 0 radical (unpaired) electrons. The third kappa shape index (κ3) is 7.48. The summed E-state index contributed by atoms with van der Waals surface area (Å²) in [5.41, 5.74) is 5.24. The molecule has 0 saturated carbocycles. The van der Waals surface area contributed by atoms with Gasteiger partial charge in [-0.3, -0.25) is 0 Å². The fraction of sp³-hybridized carbons (Fsp3) is 0.714. The molecule has 0 bridgehead atoms. The molecule has 0 atom stereocenters. The molecular formula is C7H14N2. The molecule has 2 nitrogen and oxygen atoms in total. The fourth-order valence-corrected chi connectivity index (χ4v) is 0.503. The highest BCUT2D eigenvalue weighted by molar-refractivity contribution is 4.94. The van der Waals surface area contributed by atoms with Crippen molar-refractivity contribution in [3.63, 3.8) is 0 Å². The Morgan fingerprint density at radius 2 is 2.22 bits per heavy atom. The molecule has 0 heterocycles. The van der Waals surface area contributed by atoms with Crippen molar-refractivity contribution in [2.75, 3.05) is 19.6 Å². The molecule has 0 fully saturated rings. The van der Waals surface area contributed by atoms with E-state index < -0.39 is 0 Å². The lowest BCUT2D eigenvalue weighted by atomic mass is 10.4. The topological polar surface area (TPSA) is 38.0 Å². The summed E-state index contributed by atoms with van der Waals surface area (Å²) in [7, 11) is 0. The summed E-state index contributed by atoms with van der Waals surface area (Å²) >= 11 is 0. The van der Waals surface area contributed by atoms with Crippen LogP contribution in [0.2, 0.25) is 0 Å². The first-order valence-corrected chi connectivity index (χ1v) is 3.22. The zero-order valence-electron chi connectivity index (χ0n) is 5.91. The second-order valence-corrected chi connectivity index (χ2v) is 1.72. The van der Waals surface area contributed by atoms with Crippen molar-refractivity contribution in [2.24, 2.45) is 5.73 Å². The number of hydrogen-bond acceptors (Lipinski definition) is 2. The number of nitrogens with two attached hydrogens (primary N) is 1. The molecule has 3 N–H and O–H groups in total. The predicted octanol–water partition coefficient (Wildman–Crippen LogP) is -0.0519. The Morgan fingerprint density at radius 1 is 1.44 bits per heavy atom. The summed E-state index contributed by atoms with van der Waals surface area (Å²) in [4.78, 5) is 0. The first-order valence-electron chi connectivity index (χ1n) is 3.22. The molecule has 0 aromatic heterocycles.